The predicted molar refractivity (Wildman–Crippen MR) is 73.0 cm³/mol. The summed E-state index contributed by atoms with van der Waals surface area (Å²) in [4.78, 5) is 4.10. The first kappa shape index (κ1) is 13.5. The van der Waals surface area contributed by atoms with Gasteiger partial charge in [0.1, 0.15) is 0 Å². The zero-order valence-corrected chi connectivity index (χ0v) is 10.9. The van der Waals surface area contributed by atoms with Crippen molar-refractivity contribution >= 4 is 11.8 Å². The van der Waals surface area contributed by atoms with Crippen LogP contribution in [-0.2, 0) is 6.42 Å². The van der Waals surface area contributed by atoms with E-state index in [9.17, 15) is 0 Å². The van der Waals surface area contributed by atoms with Gasteiger partial charge in [0.25, 0.3) is 0 Å². The van der Waals surface area contributed by atoms with Gasteiger partial charge in [-0.25, -0.2) is 0 Å². The van der Waals surface area contributed by atoms with Crippen LogP contribution in [0.1, 0.15) is 24.8 Å². The number of unbranched alkanes of at least 4 members (excludes halogenated alkanes) is 2. The SMILES string of the molecule is CSCCCCCNCCc1cccnc1. The van der Waals surface area contributed by atoms with Gasteiger partial charge in [-0.1, -0.05) is 12.5 Å². The van der Waals surface area contributed by atoms with E-state index in [4.69, 9.17) is 0 Å². The molecule has 1 aromatic heterocycles. The molecule has 0 saturated carbocycles. The van der Waals surface area contributed by atoms with E-state index >= 15 is 0 Å². The van der Waals surface area contributed by atoms with Crippen LogP contribution in [0.2, 0.25) is 0 Å². The molecule has 0 atom stereocenters. The van der Waals surface area contributed by atoms with E-state index in [2.05, 4.69) is 22.6 Å². The molecule has 0 spiro atoms. The van der Waals surface area contributed by atoms with Crippen molar-refractivity contribution in [2.75, 3.05) is 25.1 Å². The van der Waals surface area contributed by atoms with Gasteiger partial charge in [0, 0.05) is 12.4 Å². The Morgan fingerprint density at radius 1 is 1.25 bits per heavy atom. The Morgan fingerprint density at radius 2 is 2.19 bits per heavy atom. The first-order valence-corrected chi connectivity index (χ1v) is 7.41. The molecule has 0 amide bonds. The Bertz CT molecular complexity index is 251. The summed E-state index contributed by atoms with van der Waals surface area (Å²) in [6, 6.07) is 4.13. The van der Waals surface area contributed by atoms with Crippen LogP contribution in [-0.4, -0.2) is 30.1 Å². The average Bonchev–Trinajstić information content (AvgIpc) is 2.34. The van der Waals surface area contributed by atoms with Crippen LogP contribution in [0, 0.1) is 0 Å². The monoisotopic (exact) mass is 238 g/mol. The van der Waals surface area contributed by atoms with Crippen LogP contribution in [0.15, 0.2) is 24.5 Å². The normalized spacial score (nSPS) is 10.6. The molecule has 16 heavy (non-hydrogen) atoms. The summed E-state index contributed by atoms with van der Waals surface area (Å²) in [5.74, 6) is 1.30. The van der Waals surface area contributed by atoms with Gasteiger partial charge in [0.05, 0.1) is 0 Å². The van der Waals surface area contributed by atoms with Gasteiger partial charge in [-0.2, -0.15) is 11.8 Å². The maximum absolute atomic E-state index is 4.10. The minimum atomic E-state index is 1.06. The largest absolute Gasteiger partial charge is 0.316 e. The van der Waals surface area contributed by atoms with E-state index in [1.165, 1.54) is 30.6 Å². The Hall–Kier alpha value is -0.540. The van der Waals surface area contributed by atoms with Crippen LogP contribution in [0.5, 0.6) is 0 Å². The zero-order chi connectivity index (χ0) is 11.5. The van der Waals surface area contributed by atoms with Crippen LogP contribution in [0.25, 0.3) is 0 Å². The fraction of sp³-hybridized carbons (Fsp3) is 0.615. The van der Waals surface area contributed by atoms with Crippen molar-refractivity contribution in [3.05, 3.63) is 30.1 Å². The summed E-state index contributed by atoms with van der Waals surface area (Å²) >= 11 is 1.94. The van der Waals surface area contributed by atoms with Gasteiger partial charge in [0.2, 0.25) is 0 Å². The lowest BCUT2D eigenvalue weighted by molar-refractivity contribution is 0.618. The number of rotatable bonds is 9. The van der Waals surface area contributed by atoms with Crippen molar-refractivity contribution < 1.29 is 0 Å². The number of thioether (sulfide) groups is 1. The Kier molecular flexibility index (Phi) is 8.17. The first-order chi connectivity index (χ1) is 7.93. The van der Waals surface area contributed by atoms with Gasteiger partial charge in [0.15, 0.2) is 0 Å². The summed E-state index contributed by atoms with van der Waals surface area (Å²) in [5, 5.41) is 3.48. The topological polar surface area (TPSA) is 24.9 Å². The minimum Gasteiger partial charge on any atom is -0.316 e. The van der Waals surface area contributed by atoms with E-state index in [0.29, 0.717) is 0 Å². The van der Waals surface area contributed by atoms with Crippen LogP contribution >= 0.6 is 11.8 Å². The van der Waals surface area contributed by atoms with Gasteiger partial charge in [-0.15, -0.1) is 0 Å². The van der Waals surface area contributed by atoms with E-state index in [1.54, 1.807) is 0 Å². The molecule has 3 heteroatoms. The van der Waals surface area contributed by atoms with E-state index < -0.39 is 0 Å². The van der Waals surface area contributed by atoms with Crippen LogP contribution in [0.3, 0.4) is 0 Å². The second kappa shape index (κ2) is 9.67. The second-order valence-corrected chi connectivity index (χ2v) is 4.90. The average molecular weight is 238 g/mol. The molecule has 0 aliphatic heterocycles. The maximum Gasteiger partial charge on any atom is 0.0300 e. The summed E-state index contributed by atoms with van der Waals surface area (Å²) in [6.07, 6.45) is 11.0. The van der Waals surface area contributed by atoms with E-state index in [0.717, 1.165) is 19.5 Å². The molecule has 0 aliphatic carbocycles. The number of hydrogen-bond donors (Lipinski definition) is 1. The lowest BCUT2D eigenvalue weighted by Gasteiger charge is -2.04. The quantitative estimate of drug-likeness (QED) is 0.670. The van der Waals surface area contributed by atoms with Crippen molar-refractivity contribution in [1.29, 1.82) is 0 Å². The van der Waals surface area contributed by atoms with Crippen molar-refractivity contribution in [1.82, 2.24) is 10.3 Å². The molecular weight excluding hydrogens is 216 g/mol. The predicted octanol–water partition coefficient (Wildman–Crippen LogP) is 2.75. The van der Waals surface area contributed by atoms with Crippen LogP contribution in [0.4, 0.5) is 0 Å². The van der Waals surface area contributed by atoms with E-state index in [1.807, 2.05) is 30.2 Å². The smallest absolute Gasteiger partial charge is 0.0300 e. The molecule has 1 rings (SSSR count). The third-order valence-corrected chi connectivity index (χ3v) is 3.21. The third kappa shape index (κ3) is 6.85. The number of aromatic nitrogens is 1. The molecule has 2 nitrogen and oxygen atoms in total. The zero-order valence-electron chi connectivity index (χ0n) is 10.1. The third-order valence-electron chi connectivity index (χ3n) is 2.52. The Morgan fingerprint density at radius 3 is 2.94 bits per heavy atom. The molecule has 0 fully saturated rings. The van der Waals surface area contributed by atoms with Crippen molar-refractivity contribution in [2.24, 2.45) is 0 Å². The first-order valence-electron chi connectivity index (χ1n) is 6.02. The molecule has 90 valence electrons. The van der Waals surface area contributed by atoms with E-state index in [-0.39, 0.29) is 0 Å². The number of nitrogens with zero attached hydrogens (tertiary/aromatic N) is 1. The lowest BCUT2D eigenvalue weighted by atomic mass is 10.2. The highest BCUT2D eigenvalue weighted by molar-refractivity contribution is 7.98. The van der Waals surface area contributed by atoms with Crippen molar-refractivity contribution in [3.63, 3.8) is 0 Å². The summed E-state index contributed by atoms with van der Waals surface area (Å²) in [7, 11) is 0. The summed E-state index contributed by atoms with van der Waals surface area (Å²) < 4.78 is 0. The molecular formula is C13H22N2S. The number of pyridine rings is 1. The Balaban J connectivity index is 1.89. The molecule has 0 aliphatic rings. The number of hydrogen-bond acceptors (Lipinski definition) is 3. The molecule has 0 aromatic carbocycles. The summed E-state index contributed by atoms with van der Waals surface area (Å²) in [5.41, 5.74) is 1.32. The van der Waals surface area contributed by atoms with Gasteiger partial charge in [-0.05, 0) is 56.0 Å². The lowest BCUT2D eigenvalue weighted by Crippen LogP contribution is -2.18. The second-order valence-electron chi connectivity index (χ2n) is 3.91. The highest BCUT2D eigenvalue weighted by Crippen LogP contribution is 2.01. The molecule has 1 aromatic rings. The molecule has 0 saturated heterocycles. The van der Waals surface area contributed by atoms with Crippen molar-refractivity contribution in [2.45, 2.75) is 25.7 Å². The standard InChI is InChI=1S/C13H22N2S/c1-16-11-4-2-3-8-14-10-7-13-6-5-9-15-12-13/h5-6,9,12,14H,2-4,7-8,10-11H2,1H3. The maximum atomic E-state index is 4.10. The molecule has 0 bridgehead atoms. The fourth-order valence-electron chi connectivity index (χ4n) is 1.58. The highest BCUT2D eigenvalue weighted by Gasteiger charge is 1.92. The van der Waals surface area contributed by atoms with Gasteiger partial charge >= 0.3 is 0 Å². The molecule has 1 N–H and O–H groups in total. The van der Waals surface area contributed by atoms with Crippen molar-refractivity contribution in [3.8, 4) is 0 Å². The van der Waals surface area contributed by atoms with Crippen LogP contribution < -0.4 is 5.32 Å². The van der Waals surface area contributed by atoms with Gasteiger partial charge < -0.3 is 5.32 Å². The summed E-state index contributed by atoms with van der Waals surface area (Å²) in [6.45, 7) is 2.21. The number of nitrogens with one attached hydrogen (secondary N) is 1. The molecule has 0 unspecified atom stereocenters. The molecule has 1 heterocycles. The molecule has 0 radical (unpaired) electrons. The van der Waals surface area contributed by atoms with Gasteiger partial charge in [-0.3, -0.25) is 4.98 Å². The minimum absolute atomic E-state index is 1.06. The fourth-order valence-corrected chi connectivity index (χ4v) is 2.07. The highest BCUT2D eigenvalue weighted by atomic mass is 32.2. The Labute approximate surface area is 103 Å².